The normalized spacial score (nSPS) is 13.7. The zero-order chi connectivity index (χ0) is 29.9. The van der Waals surface area contributed by atoms with Gasteiger partial charge in [0.25, 0.3) is 11.5 Å². The largest absolute Gasteiger partial charge is 0.495 e. The molecule has 0 spiro atoms. The van der Waals surface area contributed by atoms with Gasteiger partial charge in [0.2, 0.25) is 10.0 Å². The van der Waals surface area contributed by atoms with E-state index in [-0.39, 0.29) is 17.2 Å². The summed E-state index contributed by atoms with van der Waals surface area (Å²) < 4.78 is 38.2. The number of sulfonamides is 1. The molecule has 0 radical (unpaired) electrons. The SMILES string of the molecule is COc1c(C#Cc2ccc(NS(C)(=O)=O)cc2C(=O)N2CCOCC2)cc(-n2c(=O)cc[nH]c2=O)cc1C(C)(C)C. The maximum absolute atomic E-state index is 13.5. The number of anilines is 1. The predicted molar refractivity (Wildman–Crippen MR) is 156 cm³/mol. The molecule has 11 nitrogen and oxygen atoms in total. The Kier molecular flexibility index (Phi) is 8.42. The van der Waals surface area contributed by atoms with Crippen LogP contribution < -0.4 is 20.7 Å². The highest BCUT2D eigenvalue weighted by molar-refractivity contribution is 7.92. The Balaban J connectivity index is 1.91. The molecular weight excluding hydrogens is 548 g/mol. The van der Waals surface area contributed by atoms with E-state index >= 15 is 0 Å². The average molecular weight is 581 g/mol. The van der Waals surface area contributed by atoms with Gasteiger partial charge < -0.3 is 19.4 Å². The number of aromatic amines is 1. The molecule has 4 rings (SSSR count). The first-order valence-electron chi connectivity index (χ1n) is 12.8. The molecule has 1 aliphatic rings. The van der Waals surface area contributed by atoms with Crippen molar-refractivity contribution in [3.05, 3.63) is 85.7 Å². The van der Waals surface area contributed by atoms with Gasteiger partial charge in [-0.05, 0) is 35.7 Å². The minimum Gasteiger partial charge on any atom is -0.495 e. The zero-order valence-electron chi connectivity index (χ0n) is 23.5. The Hall–Kier alpha value is -4.34. The van der Waals surface area contributed by atoms with Crippen LogP contribution in [0.25, 0.3) is 5.69 Å². The van der Waals surface area contributed by atoms with Gasteiger partial charge >= 0.3 is 5.69 Å². The first-order valence-corrected chi connectivity index (χ1v) is 14.7. The molecular formula is C29H32N4O7S. The fourth-order valence-corrected chi connectivity index (χ4v) is 5.01. The molecule has 2 heterocycles. The van der Waals surface area contributed by atoms with Crippen LogP contribution in [0.1, 0.15) is 47.8 Å². The molecule has 1 amide bonds. The number of morpholine rings is 1. The number of hydrogen-bond donors (Lipinski definition) is 2. The van der Waals surface area contributed by atoms with Gasteiger partial charge in [-0.1, -0.05) is 32.6 Å². The minimum atomic E-state index is -3.58. The number of methoxy groups -OCH3 is 1. The van der Waals surface area contributed by atoms with E-state index in [0.717, 1.165) is 10.8 Å². The quantitative estimate of drug-likeness (QED) is 0.441. The van der Waals surface area contributed by atoms with Crippen molar-refractivity contribution < 1.29 is 22.7 Å². The van der Waals surface area contributed by atoms with Crippen LogP contribution in [0.4, 0.5) is 5.69 Å². The fraction of sp³-hybridized carbons (Fsp3) is 0.345. The van der Waals surface area contributed by atoms with Crippen molar-refractivity contribution in [2.45, 2.75) is 26.2 Å². The molecule has 0 aliphatic carbocycles. The third-order valence-corrected chi connectivity index (χ3v) is 6.99. The molecule has 41 heavy (non-hydrogen) atoms. The van der Waals surface area contributed by atoms with Crippen molar-refractivity contribution in [1.29, 1.82) is 0 Å². The molecule has 1 aliphatic heterocycles. The second-order valence-corrected chi connectivity index (χ2v) is 12.3. The second-order valence-electron chi connectivity index (χ2n) is 10.6. The summed E-state index contributed by atoms with van der Waals surface area (Å²) >= 11 is 0. The number of aromatic nitrogens is 2. The summed E-state index contributed by atoms with van der Waals surface area (Å²) in [6.07, 6.45) is 2.31. The van der Waals surface area contributed by atoms with Crippen molar-refractivity contribution in [3.8, 4) is 23.3 Å². The summed E-state index contributed by atoms with van der Waals surface area (Å²) in [7, 11) is -2.07. The summed E-state index contributed by atoms with van der Waals surface area (Å²) in [4.78, 5) is 42.9. The lowest BCUT2D eigenvalue weighted by Gasteiger charge is -2.27. The molecule has 0 atom stereocenters. The van der Waals surface area contributed by atoms with E-state index in [4.69, 9.17) is 9.47 Å². The first-order chi connectivity index (χ1) is 19.3. The van der Waals surface area contributed by atoms with Crippen LogP contribution in [-0.4, -0.2) is 68.4 Å². The molecule has 0 unspecified atom stereocenters. The van der Waals surface area contributed by atoms with Crippen molar-refractivity contribution in [2.75, 3.05) is 44.4 Å². The molecule has 1 fully saturated rings. The monoisotopic (exact) mass is 580 g/mol. The number of ether oxygens (including phenoxy) is 2. The van der Waals surface area contributed by atoms with Crippen LogP contribution in [0.2, 0.25) is 0 Å². The zero-order valence-corrected chi connectivity index (χ0v) is 24.3. The van der Waals surface area contributed by atoms with Crippen molar-refractivity contribution in [1.82, 2.24) is 14.5 Å². The number of rotatable bonds is 5. The highest BCUT2D eigenvalue weighted by atomic mass is 32.2. The lowest BCUT2D eigenvalue weighted by atomic mass is 9.84. The summed E-state index contributed by atoms with van der Waals surface area (Å²) in [6.45, 7) is 7.47. The molecule has 2 N–H and O–H groups in total. The maximum Gasteiger partial charge on any atom is 0.332 e. The Labute approximate surface area is 238 Å². The number of benzene rings is 2. The fourth-order valence-electron chi connectivity index (χ4n) is 4.46. The summed E-state index contributed by atoms with van der Waals surface area (Å²) in [6, 6.07) is 9.12. The van der Waals surface area contributed by atoms with Gasteiger partial charge in [-0.2, -0.15) is 0 Å². The number of carbonyl (C=O) groups excluding carboxylic acids is 1. The highest BCUT2D eigenvalue weighted by Gasteiger charge is 2.24. The van der Waals surface area contributed by atoms with Crippen LogP contribution in [0, 0.1) is 11.8 Å². The van der Waals surface area contributed by atoms with E-state index < -0.39 is 26.7 Å². The Morgan fingerprint density at radius 1 is 1.05 bits per heavy atom. The number of carbonyl (C=O) groups is 1. The second kappa shape index (κ2) is 11.6. The summed E-state index contributed by atoms with van der Waals surface area (Å²) in [5.41, 5.74) is 0.673. The molecule has 3 aromatic rings. The Morgan fingerprint density at radius 3 is 2.34 bits per heavy atom. The van der Waals surface area contributed by atoms with E-state index in [0.29, 0.717) is 54.4 Å². The molecule has 1 saturated heterocycles. The average Bonchev–Trinajstić information content (AvgIpc) is 2.90. The topological polar surface area (TPSA) is 140 Å². The van der Waals surface area contributed by atoms with Crippen molar-refractivity contribution >= 4 is 21.6 Å². The third kappa shape index (κ3) is 6.87. The van der Waals surface area contributed by atoms with Gasteiger partial charge in [0, 0.05) is 42.2 Å². The van der Waals surface area contributed by atoms with Gasteiger partial charge in [0.1, 0.15) is 5.75 Å². The highest BCUT2D eigenvalue weighted by Crippen LogP contribution is 2.35. The maximum atomic E-state index is 13.5. The van der Waals surface area contributed by atoms with Crippen LogP contribution in [0.5, 0.6) is 5.75 Å². The van der Waals surface area contributed by atoms with Gasteiger partial charge in [-0.25, -0.2) is 17.8 Å². The van der Waals surface area contributed by atoms with E-state index in [2.05, 4.69) is 21.5 Å². The van der Waals surface area contributed by atoms with Crippen LogP contribution in [0.3, 0.4) is 0 Å². The lowest BCUT2D eigenvalue weighted by Crippen LogP contribution is -2.41. The molecule has 0 saturated carbocycles. The van der Waals surface area contributed by atoms with Gasteiger partial charge in [-0.3, -0.25) is 14.3 Å². The summed E-state index contributed by atoms with van der Waals surface area (Å²) in [5, 5.41) is 0. The lowest BCUT2D eigenvalue weighted by molar-refractivity contribution is 0.0302. The smallest absolute Gasteiger partial charge is 0.332 e. The standard InChI is InChI=1S/C29H32N4O7S/c1-29(2,3)24-18-22(33-25(34)10-11-30-28(33)36)16-20(26(24)39-4)7-6-19-8-9-21(31-41(5,37)38)17-23(19)27(35)32-12-14-40-15-13-32/h8-11,16-18,31H,12-15H2,1-5H3,(H,30,36). The van der Waals surface area contributed by atoms with Crippen LogP contribution in [0.15, 0.2) is 52.2 Å². The van der Waals surface area contributed by atoms with E-state index in [1.807, 2.05) is 20.8 Å². The van der Waals surface area contributed by atoms with Crippen LogP contribution in [-0.2, 0) is 20.2 Å². The predicted octanol–water partition coefficient (Wildman–Crippen LogP) is 2.08. The molecule has 1 aromatic heterocycles. The third-order valence-electron chi connectivity index (χ3n) is 6.38. The van der Waals surface area contributed by atoms with E-state index in [9.17, 15) is 22.8 Å². The number of amides is 1. The Bertz CT molecular complexity index is 1740. The molecule has 2 aromatic carbocycles. The minimum absolute atomic E-state index is 0.218. The summed E-state index contributed by atoms with van der Waals surface area (Å²) in [5.74, 6) is 6.26. The molecule has 0 bridgehead atoms. The van der Waals surface area contributed by atoms with Gasteiger partial charge in [-0.15, -0.1) is 0 Å². The number of hydrogen-bond acceptors (Lipinski definition) is 7. The van der Waals surface area contributed by atoms with Crippen LogP contribution >= 0.6 is 0 Å². The van der Waals surface area contributed by atoms with Crippen molar-refractivity contribution in [3.63, 3.8) is 0 Å². The first kappa shape index (κ1) is 29.6. The molecule has 216 valence electrons. The van der Waals surface area contributed by atoms with Gasteiger partial charge in [0.05, 0.1) is 43.4 Å². The number of nitrogens with one attached hydrogen (secondary N) is 2. The number of nitrogens with zero attached hydrogens (tertiary/aromatic N) is 2. The van der Waals surface area contributed by atoms with Crippen molar-refractivity contribution in [2.24, 2.45) is 0 Å². The molecule has 12 heteroatoms. The van der Waals surface area contributed by atoms with E-state index in [1.165, 1.54) is 31.5 Å². The Morgan fingerprint density at radius 2 is 1.73 bits per heavy atom. The van der Waals surface area contributed by atoms with E-state index in [1.54, 1.807) is 23.1 Å². The van der Waals surface area contributed by atoms with Gasteiger partial charge in [0.15, 0.2) is 0 Å². The number of H-pyrrole nitrogens is 1.